The first-order chi connectivity index (χ1) is 12.5. The number of nitrogens with one attached hydrogen (secondary N) is 1. The number of rotatable bonds is 6. The molecule has 26 heavy (non-hydrogen) atoms. The normalized spacial score (nSPS) is 22.9. The van der Waals surface area contributed by atoms with Gasteiger partial charge in [-0.3, -0.25) is 19.4 Å². The van der Waals surface area contributed by atoms with Crippen LogP contribution in [0.1, 0.15) is 33.1 Å². The monoisotopic (exact) mass is 379 g/mol. The van der Waals surface area contributed by atoms with Crippen LogP contribution < -0.4 is 15.0 Å². The van der Waals surface area contributed by atoms with E-state index in [9.17, 15) is 9.59 Å². The number of hydrogen-bond acceptors (Lipinski definition) is 4. The van der Waals surface area contributed by atoms with Gasteiger partial charge in [-0.1, -0.05) is 25.4 Å². The van der Waals surface area contributed by atoms with Crippen LogP contribution in [-0.4, -0.2) is 55.0 Å². The van der Waals surface area contributed by atoms with Gasteiger partial charge in [0.25, 0.3) is 5.91 Å². The lowest BCUT2D eigenvalue weighted by atomic mass is 10.1. The van der Waals surface area contributed by atoms with E-state index in [2.05, 4.69) is 17.1 Å². The fourth-order valence-electron chi connectivity index (χ4n) is 3.69. The minimum absolute atomic E-state index is 0.0229. The van der Waals surface area contributed by atoms with Gasteiger partial charge in [0.1, 0.15) is 12.3 Å². The van der Waals surface area contributed by atoms with Crippen molar-refractivity contribution in [1.82, 2.24) is 10.2 Å². The number of carbonyl (C=O) groups excluding carboxylic acids is 2. The van der Waals surface area contributed by atoms with Crippen molar-refractivity contribution in [3.8, 4) is 5.75 Å². The van der Waals surface area contributed by atoms with E-state index in [0.29, 0.717) is 35.5 Å². The van der Waals surface area contributed by atoms with E-state index in [0.717, 1.165) is 19.5 Å². The summed E-state index contributed by atoms with van der Waals surface area (Å²) in [4.78, 5) is 29.1. The number of likely N-dealkylation sites (tertiary alicyclic amines) is 1. The summed E-state index contributed by atoms with van der Waals surface area (Å²) in [5.41, 5.74) is 0.554. The summed E-state index contributed by atoms with van der Waals surface area (Å²) < 4.78 is 5.74. The quantitative estimate of drug-likeness (QED) is 0.824. The molecule has 1 aromatic carbocycles. The zero-order valence-electron chi connectivity index (χ0n) is 15.3. The van der Waals surface area contributed by atoms with Crippen LogP contribution >= 0.6 is 11.6 Å². The summed E-state index contributed by atoms with van der Waals surface area (Å²) in [6.07, 6.45) is 2.25. The second kappa shape index (κ2) is 8.27. The van der Waals surface area contributed by atoms with Gasteiger partial charge in [-0.05, 0) is 50.6 Å². The summed E-state index contributed by atoms with van der Waals surface area (Å²) in [6.45, 7) is 6.70. The molecule has 2 atom stereocenters. The van der Waals surface area contributed by atoms with Gasteiger partial charge in [0.15, 0.2) is 6.10 Å². The lowest BCUT2D eigenvalue weighted by Gasteiger charge is -2.34. The van der Waals surface area contributed by atoms with Crippen LogP contribution in [0.3, 0.4) is 0 Å². The average Bonchev–Trinajstić information content (AvgIpc) is 3.10. The second-order valence-electron chi connectivity index (χ2n) is 6.78. The molecule has 2 aliphatic heterocycles. The topological polar surface area (TPSA) is 61.9 Å². The maximum atomic E-state index is 12.7. The molecule has 0 radical (unpaired) electrons. The van der Waals surface area contributed by atoms with Gasteiger partial charge in [0.2, 0.25) is 5.91 Å². The van der Waals surface area contributed by atoms with Crippen LogP contribution in [0.2, 0.25) is 5.02 Å². The molecule has 0 spiro atoms. The zero-order valence-corrected chi connectivity index (χ0v) is 16.1. The number of amides is 2. The third-order valence-electron chi connectivity index (χ3n) is 5.14. The van der Waals surface area contributed by atoms with Crippen LogP contribution in [0, 0.1) is 0 Å². The van der Waals surface area contributed by atoms with Crippen molar-refractivity contribution in [2.45, 2.75) is 45.3 Å². The number of hydrogen-bond donors (Lipinski definition) is 1. The molecule has 2 unspecified atom stereocenters. The van der Waals surface area contributed by atoms with Crippen molar-refractivity contribution < 1.29 is 14.3 Å². The highest BCUT2D eigenvalue weighted by Crippen LogP contribution is 2.36. The van der Waals surface area contributed by atoms with Gasteiger partial charge < -0.3 is 10.1 Å². The fourth-order valence-corrected chi connectivity index (χ4v) is 3.86. The molecule has 142 valence electrons. The number of likely N-dealkylation sites (N-methyl/N-ethyl adjacent to an activating group) is 1. The highest BCUT2D eigenvalue weighted by molar-refractivity contribution is 6.31. The van der Waals surface area contributed by atoms with Crippen molar-refractivity contribution in [3.63, 3.8) is 0 Å². The number of halogens is 1. The smallest absolute Gasteiger partial charge is 0.268 e. The number of benzene rings is 1. The molecule has 0 saturated carbocycles. The first kappa shape index (κ1) is 19.0. The summed E-state index contributed by atoms with van der Waals surface area (Å²) in [5.74, 6) is 0.221. The van der Waals surface area contributed by atoms with E-state index in [1.54, 1.807) is 18.2 Å². The molecule has 1 aromatic rings. The number of ether oxygens (including phenoxy) is 1. The first-order valence-corrected chi connectivity index (χ1v) is 9.69. The van der Waals surface area contributed by atoms with E-state index in [4.69, 9.17) is 16.3 Å². The minimum Gasteiger partial charge on any atom is -0.478 e. The van der Waals surface area contributed by atoms with E-state index >= 15 is 0 Å². The second-order valence-corrected chi connectivity index (χ2v) is 7.22. The Labute approximate surface area is 159 Å². The SMILES string of the molecule is CCC1Oc2ccc(Cl)cc2N(CC(=O)NCC2CCCN2CC)C1=O. The van der Waals surface area contributed by atoms with E-state index < -0.39 is 6.10 Å². The van der Waals surface area contributed by atoms with Crippen LogP contribution in [0.4, 0.5) is 5.69 Å². The Morgan fingerprint density at radius 2 is 2.19 bits per heavy atom. The molecule has 1 fully saturated rings. The highest BCUT2D eigenvalue weighted by atomic mass is 35.5. The number of fused-ring (bicyclic) bond motifs is 1. The van der Waals surface area contributed by atoms with Gasteiger partial charge in [-0.15, -0.1) is 0 Å². The van der Waals surface area contributed by atoms with Crippen molar-refractivity contribution in [1.29, 1.82) is 0 Å². The molecule has 0 aromatic heterocycles. The predicted molar refractivity (Wildman–Crippen MR) is 102 cm³/mol. The first-order valence-electron chi connectivity index (χ1n) is 9.31. The minimum atomic E-state index is -0.568. The van der Waals surface area contributed by atoms with Crippen molar-refractivity contribution in [2.24, 2.45) is 0 Å². The predicted octanol–water partition coefficient (Wildman–Crippen LogP) is 2.44. The van der Waals surface area contributed by atoms with Crippen molar-refractivity contribution in [2.75, 3.05) is 31.1 Å². The van der Waals surface area contributed by atoms with E-state index in [-0.39, 0.29) is 18.4 Å². The fraction of sp³-hybridized carbons (Fsp3) is 0.579. The molecule has 0 bridgehead atoms. The Balaban J connectivity index is 1.68. The Hall–Kier alpha value is -1.79. The van der Waals surface area contributed by atoms with Crippen molar-refractivity contribution >= 4 is 29.1 Å². The molecule has 2 aliphatic rings. The Morgan fingerprint density at radius 1 is 1.38 bits per heavy atom. The van der Waals surface area contributed by atoms with E-state index in [1.807, 2.05) is 6.92 Å². The summed E-state index contributed by atoms with van der Waals surface area (Å²) >= 11 is 6.08. The van der Waals surface area contributed by atoms with E-state index in [1.165, 1.54) is 11.3 Å². The Morgan fingerprint density at radius 3 is 2.92 bits per heavy atom. The van der Waals surface area contributed by atoms with Gasteiger partial charge in [-0.25, -0.2) is 0 Å². The molecular formula is C19H26ClN3O3. The molecule has 6 nitrogen and oxygen atoms in total. The lowest BCUT2D eigenvalue weighted by Crippen LogP contribution is -2.50. The van der Waals surface area contributed by atoms with Gasteiger partial charge in [0.05, 0.1) is 5.69 Å². The van der Waals surface area contributed by atoms with Gasteiger partial charge >= 0.3 is 0 Å². The van der Waals surface area contributed by atoms with Crippen LogP contribution in [0.25, 0.3) is 0 Å². The summed E-state index contributed by atoms with van der Waals surface area (Å²) in [7, 11) is 0. The Kier molecular flexibility index (Phi) is 6.04. The maximum Gasteiger partial charge on any atom is 0.268 e. The molecular weight excluding hydrogens is 354 g/mol. The average molecular weight is 380 g/mol. The summed E-state index contributed by atoms with van der Waals surface area (Å²) in [6, 6.07) is 5.52. The maximum absolute atomic E-state index is 12.7. The summed E-state index contributed by atoms with van der Waals surface area (Å²) in [5, 5.41) is 3.49. The highest BCUT2D eigenvalue weighted by Gasteiger charge is 2.34. The molecule has 2 heterocycles. The van der Waals surface area contributed by atoms with Crippen LogP contribution in [0.15, 0.2) is 18.2 Å². The molecule has 3 rings (SSSR count). The molecule has 0 aliphatic carbocycles. The third kappa shape index (κ3) is 3.96. The Bertz CT molecular complexity index is 682. The largest absolute Gasteiger partial charge is 0.478 e. The van der Waals surface area contributed by atoms with Crippen molar-refractivity contribution in [3.05, 3.63) is 23.2 Å². The number of anilines is 1. The molecule has 1 N–H and O–H groups in total. The number of nitrogens with zero attached hydrogens (tertiary/aromatic N) is 2. The standard InChI is InChI=1S/C19H26ClN3O3/c1-3-16-19(25)23(15-10-13(20)7-8-17(15)26-16)12-18(24)21-11-14-6-5-9-22(14)4-2/h7-8,10,14,16H,3-6,9,11-12H2,1-2H3,(H,21,24). The number of carbonyl (C=O) groups is 2. The van der Waals surface area contributed by atoms with Gasteiger partial charge in [-0.2, -0.15) is 0 Å². The third-order valence-corrected chi connectivity index (χ3v) is 5.37. The van der Waals surface area contributed by atoms with Crippen LogP contribution in [-0.2, 0) is 9.59 Å². The molecule has 1 saturated heterocycles. The van der Waals surface area contributed by atoms with Crippen LogP contribution in [0.5, 0.6) is 5.75 Å². The van der Waals surface area contributed by atoms with Gasteiger partial charge in [0, 0.05) is 17.6 Å². The molecule has 2 amide bonds. The lowest BCUT2D eigenvalue weighted by molar-refractivity contribution is -0.129. The zero-order chi connectivity index (χ0) is 18.7. The molecule has 7 heteroatoms.